The number of hydrogen-bond donors (Lipinski definition) is 1. The van der Waals surface area contributed by atoms with Crippen molar-refractivity contribution >= 4 is 5.91 Å². The van der Waals surface area contributed by atoms with Gasteiger partial charge in [-0.15, -0.1) is 0 Å². The van der Waals surface area contributed by atoms with E-state index in [1.54, 1.807) is 5.57 Å². The Labute approximate surface area is 110 Å². The predicted octanol–water partition coefficient (Wildman–Crippen LogP) is 3.43. The van der Waals surface area contributed by atoms with E-state index in [1.165, 1.54) is 51.4 Å². The summed E-state index contributed by atoms with van der Waals surface area (Å²) in [4.78, 5) is 12.1. The minimum absolute atomic E-state index is 0.346. The van der Waals surface area contributed by atoms with Gasteiger partial charge in [-0.3, -0.25) is 4.79 Å². The van der Waals surface area contributed by atoms with E-state index < -0.39 is 0 Å². The van der Waals surface area contributed by atoms with Crippen LogP contribution in [0.5, 0.6) is 0 Å². The molecule has 0 spiro atoms. The summed E-state index contributed by atoms with van der Waals surface area (Å²) < 4.78 is 0. The van der Waals surface area contributed by atoms with E-state index in [1.807, 2.05) is 0 Å². The van der Waals surface area contributed by atoms with Gasteiger partial charge in [0.25, 0.3) is 0 Å². The molecule has 2 saturated carbocycles. The summed E-state index contributed by atoms with van der Waals surface area (Å²) in [6.07, 6.45) is 13.8. The summed E-state index contributed by atoms with van der Waals surface area (Å²) in [5.41, 5.74) is 1.56. The Balaban J connectivity index is 1.40. The Morgan fingerprint density at radius 3 is 2.89 bits per heavy atom. The third-order valence-electron chi connectivity index (χ3n) is 5.21. The highest BCUT2D eigenvalue weighted by Gasteiger charge is 2.42. The van der Waals surface area contributed by atoms with Gasteiger partial charge < -0.3 is 5.32 Å². The summed E-state index contributed by atoms with van der Waals surface area (Å²) in [6.45, 7) is 0.860. The predicted molar refractivity (Wildman–Crippen MR) is 73.1 cm³/mol. The monoisotopic (exact) mass is 247 g/mol. The van der Waals surface area contributed by atoms with Crippen LogP contribution in [0.3, 0.4) is 0 Å². The molecule has 18 heavy (non-hydrogen) atoms. The Hall–Kier alpha value is -0.790. The Morgan fingerprint density at radius 1 is 1.28 bits per heavy atom. The van der Waals surface area contributed by atoms with E-state index >= 15 is 0 Å². The number of carbonyl (C=O) groups excluding carboxylic acids is 1. The molecule has 2 fully saturated rings. The molecule has 3 unspecified atom stereocenters. The molecule has 3 atom stereocenters. The van der Waals surface area contributed by atoms with E-state index in [-0.39, 0.29) is 0 Å². The molecule has 3 aliphatic rings. The summed E-state index contributed by atoms with van der Waals surface area (Å²) >= 11 is 0. The molecule has 0 aromatic heterocycles. The Bertz CT molecular complexity index is 347. The van der Waals surface area contributed by atoms with E-state index in [0.717, 1.165) is 18.9 Å². The minimum Gasteiger partial charge on any atom is -0.356 e. The normalized spacial score (nSPS) is 34.4. The molecule has 0 radical (unpaired) electrons. The fraction of sp³-hybridized carbons (Fsp3) is 0.812. The maximum absolute atomic E-state index is 12.1. The smallest absolute Gasteiger partial charge is 0.223 e. The molecule has 2 heteroatoms. The molecule has 2 nitrogen and oxygen atoms in total. The average Bonchev–Trinajstić information content (AvgIpc) is 3.02. The number of allylic oxidation sites excluding steroid dienone is 1. The summed E-state index contributed by atoms with van der Waals surface area (Å²) in [7, 11) is 0. The maximum atomic E-state index is 12.1. The zero-order valence-corrected chi connectivity index (χ0v) is 11.3. The van der Waals surface area contributed by atoms with Gasteiger partial charge in [0.05, 0.1) is 0 Å². The summed E-state index contributed by atoms with van der Waals surface area (Å²) in [5.74, 6) is 2.28. The van der Waals surface area contributed by atoms with Crippen LogP contribution in [-0.2, 0) is 4.79 Å². The number of carbonyl (C=O) groups is 1. The first kappa shape index (κ1) is 12.3. The average molecular weight is 247 g/mol. The lowest BCUT2D eigenvalue weighted by atomic mass is 9.88. The van der Waals surface area contributed by atoms with E-state index in [4.69, 9.17) is 0 Å². The second-order valence-corrected chi connectivity index (χ2v) is 6.43. The summed E-state index contributed by atoms with van der Waals surface area (Å²) in [5, 5.41) is 3.18. The molecule has 2 bridgehead atoms. The third kappa shape index (κ3) is 2.62. The van der Waals surface area contributed by atoms with Gasteiger partial charge in [0, 0.05) is 12.5 Å². The zero-order valence-electron chi connectivity index (χ0n) is 11.3. The zero-order chi connectivity index (χ0) is 12.4. The Morgan fingerprint density at radius 2 is 2.22 bits per heavy atom. The van der Waals surface area contributed by atoms with Crippen molar-refractivity contribution in [2.75, 3.05) is 6.54 Å². The Kier molecular flexibility index (Phi) is 3.72. The number of nitrogens with one attached hydrogen (secondary N) is 1. The lowest BCUT2D eigenvalue weighted by Crippen LogP contribution is -2.34. The van der Waals surface area contributed by atoms with Gasteiger partial charge in [0.15, 0.2) is 0 Å². The van der Waals surface area contributed by atoms with Crippen LogP contribution in [-0.4, -0.2) is 12.5 Å². The highest BCUT2D eigenvalue weighted by atomic mass is 16.1. The molecule has 3 rings (SSSR count). The quantitative estimate of drug-likeness (QED) is 0.758. The first-order valence-electron chi connectivity index (χ1n) is 7.78. The minimum atomic E-state index is 0.346. The molecule has 0 aromatic carbocycles. The molecule has 1 amide bonds. The largest absolute Gasteiger partial charge is 0.356 e. The van der Waals surface area contributed by atoms with Crippen molar-refractivity contribution in [3.63, 3.8) is 0 Å². The van der Waals surface area contributed by atoms with Crippen molar-refractivity contribution in [2.24, 2.45) is 17.8 Å². The maximum Gasteiger partial charge on any atom is 0.223 e. The van der Waals surface area contributed by atoms with Gasteiger partial charge in [-0.05, 0) is 63.2 Å². The van der Waals surface area contributed by atoms with E-state index in [9.17, 15) is 4.79 Å². The fourth-order valence-electron chi connectivity index (χ4n) is 4.17. The van der Waals surface area contributed by atoms with Crippen molar-refractivity contribution in [1.29, 1.82) is 0 Å². The topological polar surface area (TPSA) is 29.1 Å². The van der Waals surface area contributed by atoms with Crippen LogP contribution in [0.1, 0.15) is 57.8 Å². The van der Waals surface area contributed by atoms with Crippen LogP contribution < -0.4 is 5.32 Å². The number of hydrogen-bond acceptors (Lipinski definition) is 1. The molecule has 0 aliphatic heterocycles. The fourth-order valence-corrected chi connectivity index (χ4v) is 4.17. The lowest BCUT2D eigenvalue weighted by molar-refractivity contribution is -0.126. The third-order valence-corrected chi connectivity index (χ3v) is 5.21. The van der Waals surface area contributed by atoms with Crippen LogP contribution in [0.2, 0.25) is 0 Å². The highest BCUT2D eigenvalue weighted by Crippen LogP contribution is 2.48. The van der Waals surface area contributed by atoms with Crippen molar-refractivity contribution < 1.29 is 4.79 Å². The number of fused-ring (bicyclic) bond motifs is 2. The van der Waals surface area contributed by atoms with Crippen LogP contribution in [0.15, 0.2) is 11.6 Å². The van der Waals surface area contributed by atoms with Crippen molar-refractivity contribution in [3.05, 3.63) is 11.6 Å². The summed E-state index contributed by atoms with van der Waals surface area (Å²) in [6, 6.07) is 0. The first-order valence-corrected chi connectivity index (χ1v) is 7.78. The lowest BCUT2D eigenvalue weighted by Gasteiger charge is -2.21. The van der Waals surface area contributed by atoms with Gasteiger partial charge in [-0.25, -0.2) is 0 Å². The molecule has 0 saturated heterocycles. The van der Waals surface area contributed by atoms with Crippen molar-refractivity contribution in [2.45, 2.75) is 57.8 Å². The molecular weight excluding hydrogens is 222 g/mol. The standard InChI is InChI=1S/C16H25NO/c18-16(15-11-13-6-7-14(15)10-13)17-9-8-12-4-2-1-3-5-12/h4,13-15H,1-3,5-11H2,(H,17,18). The van der Waals surface area contributed by atoms with Crippen LogP contribution in [0.4, 0.5) is 0 Å². The number of rotatable bonds is 4. The second kappa shape index (κ2) is 5.46. The first-order chi connectivity index (χ1) is 8.83. The van der Waals surface area contributed by atoms with Crippen molar-refractivity contribution in [3.8, 4) is 0 Å². The van der Waals surface area contributed by atoms with Crippen LogP contribution in [0, 0.1) is 17.8 Å². The van der Waals surface area contributed by atoms with Gasteiger partial charge in [-0.2, -0.15) is 0 Å². The molecule has 3 aliphatic carbocycles. The van der Waals surface area contributed by atoms with E-state index in [2.05, 4.69) is 11.4 Å². The number of amides is 1. The van der Waals surface area contributed by atoms with Gasteiger partial charge >= 0.3 is 0 Å². The van der Waals surface area contributed by atoms with E-state index in [0.29, 0.717) is 17.7 Å². The van der Waals surface area contributed by atoms with Crippen LogP contribution >= 0.6 is 0 Å². The van der Waals surface area contributed by atoms with Crippen LogP contribution in [0.25, 0.3) is 0 Å². The highest BCUT2D eigenvalue weighted by molar-refractivity contribution is 5.79. The molecule has 100 valence electrons. The molecule has 0 heterocycles. The van der Waals surface area contributed by atoms with Crippen molar-refractivity contribution in [1.82, 2.24) is 5.32 Å². The molecule has 0 aromatic rings. The van der Waals surface area contributed by atoms with Gasteiger partial charge in [0.1, 0.15) is 0 Å². The molecule has 1 N–H and O–H groups in total. The SMILES string of the molecule is O=C(NCCC1=CCCCC1)C1CC2CCC1C2. The van der Waals surface area contributed by atoms with Gasteiger partial charge in [0.2, 0.25) is 5.91 Å². The second-order valence-electron chi connectivity index (χ2n) is 6.43. The van der Waals surface area contributed by atoms with Gasteiger partial charge in [-0.1, -0.05) is 18.1 Å². The molecular formula is C16H25NO.